The first-order valence-corrected chi connectivity index (χ1v) is 17.1. The van der Waals surface area contributed by atoms with Gasteiger partial charge < -0.3 is 24.1 Å². The maximum atomic E-state index is 13.5. The highest BCUT2D eigenvalue weighted by atomic mass is 16.7. The molecule has 12 unspecified atom stereocenters. The van der Waals surface area contributed by atoms with Gasteiger partial charge in [0.1, 0.15) is 18.0 Å². The number of hydrogen-bond acceptors (Lipinski definition) is 8. The Morgan fingerprint density at radius 2 is 1.69 bits per heavy atom. The highest BCUT2D eigenvalue weighted by Gasteiger charge is 2.72. The number of rotatable bonds is 5. The first-order chi connectivity index (χ1) is 20.8. The molecule has 6 aliphatic rings. The van der Waals surface area contributed by atoms with Crippen LogP contribution < -0.4 is 0 Å². The Morgan fingerprint density at radius 3 is 2.29 bits per heavy atom. The van der Waals surface area contributed by atoms with E-state index in [9.17, 15) is 19.5 Å². The number of ether oxygens (including phenoxy) is 4. The summed E-state index contributed by atoms with van der Waals surface area (Å²) in [7, 11) is 0. The van der Waals surface area contributed by atoms with Crippen molar-refractivity contribution in [1.82, 2.24) is 0 Å². The monoisotopic (exact) mass is 626 g/mol. The van der Waals surface area contributed by atoms with Gasteiger partial charge in [0.15, 0.2) is 0 Å². The zero-order chi connectivity index (χ0) is 33.1. The lowest BCUT2D eigenvalue weighted by Gasteiger charge is -2.66. The maximum Gasteiger partial charge on any atom is 0.333 e. The van der Waals surface area contributed by atoms with Crippen molar-refractivity contribution in [3.63, 3.8) is 0 Å². The molecule has 12 atom stereocenters. The number of esters is 2. The van der Waals surface area contributed by atoms with Crippen LogP contribution in [0.15, 0.2) is 23.3 Å². The first kappa shape index (κ1) is 32.9. The van der Waals surface area contributed by atoms with Crippen LogP contribution in [0.5, 0.6) is 0 Å². The van der Waals surface area contributed by atoms with Crippen molar-refractivity contribution in [3.8, 4) is 0 Å². The molecule has 8 nitrogen and oxygen atoms in total. The molecule has 1 N–H and O–H groups in total. The van der Waals surface area contributed by atoms with E-state index < -0.39 is 29.3 Å². The standard InChI is InChI=1S/C37H54O8/c1-11-19(2)31(41)43-25-18-36(9)22(21-16-24(30-34(6,7)45-30)44-32(21)42-20(3)38)14-15-35(36,8)23-12-13-26-33(4,5)27(39)17-28(40)37(26,10)29(23)25/h11,13,21-25,28-30,32,40H,12,14-18H2,1-10H3. The van der Waals surface area contributed by atoms with Crippen LogP contribution in [0, 0.1) is 45.3 Å². The van der Waals surface area contributed by atoms with E-state index >= 15 is 0 Å². The molecule has 2 saturated heterocycles. The van der Waals surface area contributed by atoms with Crippen LogP contribution in [0.25, 0.3) is 0 Å². The van der Waals surface area contributed by atoms with Crippen LogP contribution in [0.2, 0.25) is 0 Å². The number of fused-ring (bicyclic) bond motifs is 5. The predicted molar refractivity (Wildman–Crippen MR) is 168 cm³/mol. The molecule has 250 valence electrons. The van der Waals surface area contributed by atoms with Gasteiger partial charge in [0.2, 0.25) is 6.29 Å². The molecule has 6 rings (SSSR count). The molecule has 0 bridgehead atoms. The van der Waals surface area contributed by atoms with Gasteiger partial charge in [-0.25, -0.2) is 4.79 Å². The number of aliphatic hydroxyl groups is 1. The number of Topliss-reactive ketones (excluding diaryl/α,β-unsaturated/α-hetero) is 1. The van der Waals surface area contributed by atoms with Crippen molar-refractivity contribution in [3.05, 3.63) is 23.3 Å². The van der Waals surface area contributed by atoms with Gasteiger partial charge in [-0.3, -0.25) is 9.59 Å². The van der Waals surface area contributed by atoms with Crippen LogP contribution in [-0.2, 0) is 33.3 Å². The SMILES string of the molecule is CC=C(C)C(=O)OC1CC2(C)C(C3CC(C4OC4(C)C)OC3OC(C)=O)CCC2(C)C2CC=C3C(C)(C)C(=O)CC(O)C3(C)C12. The molecule has 0 aromatic heterocycles. The third-order valence-electron chi connectivity index (χ3n) is 14.0. The second kappa shape index (κ2) is 10.5. The van der Waals surface area contributed by atoms with E-state index in [1.807, 2.05) is 20.8 Å². The van der Waals surface area contributed by atoms with Gasteiger partial charge in [-0.2, -0.15) is 0 Å². The molecule has 2 aliphatic heterocycles. The summed E-state index contributed by atoms with van der Waals surface area (Å²) in [6.45, 7) is 20.0. The minimum absolute atomic E-state index is 0.0157. The van der Waals surface area contributed by atoms with Gasteiger partial charge in [-0.1, -0.05) is 38.5 Å². The Morgan fingerprint density at radius 1 is 1.02 bits per heavy atom. The number of hydrogen-bond donors (Lipinski definition) is 1. The minimum Gasteiger partial charge on any atom is -0.459 e. The van der Waals surface area contributed by atoms with E-state index in [2.05, 4.69) is 40.7 Å². The largest absolute Gasteiger partial charge is 0.459 e. The number of carbonyl (C=O) groups excluding carboxylic acids is 3. The molecule has 4 aliphatic carbocycles. The van der Waals surface area contributed by atoms with Crippen LogP contribution in [-0.4, -0.2) is 59.1 Å². The normalized spacial score (nSPS) is 48.1. The maximum absolute atomic E-state index is 13.5. The fourth-order valence-corrected chi connectivity index (χ4v) is 11.2. The zero-order valence-electron chi connectivity index (χ0n) is 28.9. The highest BCUT2D eigenvalue weighted by molar-refractivity contribution is 5.90. The topological polar surface area (TPSA) is 112 Å². The lowest BCUT2D eigenvalue weighted by molar-refractivity contribution is -0.214. The number of ketones is 1. The molecule has 8 heteroatoms. The van der Waals surface area contributed by atoms with Crippen LogP contribution >= 0.6 is 0 Å². The predicted octanol–water partition coefficient (Wildman–Crippen LogP) is 6.09. The second-order valence-electron chi connectivity index (χ2n) is 16.8. The molecule has 0 radical (unpaired) electrons. The van der Waals surface area contributed by atoms with E-state index in [1.54, 1.807) is 13.0 Å². The smallest absolute Gasteiger partial charge is 0.333 e. The molecule has 0 aromatic carbocycles. The van der Waals surface area contributed by atoms with Gasteiger partial charge in [0.25, 0.3) is 0 Å². The van der Waals surface area contributed by atoms with E-state index in [0.29, 0.717) is 12.0 Å². The summed E-state index contributed by atoms with van der Waals surface area (Å²) in [5.41, 5.74) is -0.540. The van der Waals surface area contributed by atoms with Gasteiger partial charge >= 0.3 is 11.9 Å². The fraction of sp³-hybridized carbons (Fsp3) is 0.811. The van der Waals surface area contributed by atoms with Crippen molar-refractivity contribution in [2.45, 2.75) is 144 Å². The summed E-state index contributed by atoms with van der Waals surface area (Å²) in [6, 6.07) is 0. The minimum atomic E-state index is -0.856. The molecule has 45 heavy (non-hydrogen) atoms. The molecular weight excluding hydrogens is 572 g/mol. The Labute approximate surface area is 268 Å². The van der Waals surface area contributed by atoms with E-state index in [1.165, 1.54) is 6.92 Å². The molecule has 0 amide bonds. The third kappa shape index (κ3) is 4.66. The third-order valence-corrected chi connectivity index (χ3v) is 14.0. The Hall–Kier alpha value is -2.03. The van der Waals surface area contributed by atoms with Crippen LogP contribution in [0.1, 0.15) is 108 Å². The van der Waals surface area contributed by atoms with Gasteiger partial charge in [0, 0.05) is 41.6 Å². The van der Waals surface area contributed by atoms with Gasteiger partial charge in [-0.05, 0) is 96.3 Å². The summed E-state index contributed by atoms with van der Waals surface area (Å²) in [4.78, 5) is 39.0. The Balaban J connectivity index is 1.43. The molecule has 0 aromatic rings. The number of epoxide rings is 1. The molecular formula is C37H54O8. The lowest BCUT2D eigenvalue weighted by atomic mass is 9.39. The molecule has 2 heterocycles. The van der Waals surface area contributed by atoms with E-state index in [-0.39, 0.29) is 76.5 Å². The highest BCUT2D eigenvalue weighted by Crippen LogP contribution is 2.74. The Bertz CT molecular complexity index is 1340. The molecule has 0 spiro atoms. The summed E-state index contributed by atoms with van der Waals surface area (Å²) in [5, 5.41) is 11.8. The molecule has 5 fully saturated rings. The van der Waals surface area contributed by atoms with Crippen molar-refractivity contribution in [2.75, 3.05) is 0 Å². The quantitative estimate of drug-likeness (QED) is 0.169. The Kier molecular flexibility index (Phi) is 7.66. The fourth-order valence-electron chi connectivity index (χ4n) is 11.2. The van der Waals surface area contributed by atoms with Crippen LogP contribution in [0.3, 0.4) is 0 Å². The zero-order valence-corrected chi connectivity index (χ0v) is 28.9. The van der Waals surface area contributed by atoms with Crippen molar-refractivity contribution in [2.24, 2.45) is 45.3 Å². The lowest BCUT2D eigenvalue weighted by Crippen LogP contribution is -2.66. The van der Waals surface area contributed by atoms with E-state index in [0.717, 1.165) is 31.3 Å². The summed E-state index contributed by atoms with van der Waals surface area (Å²) < 4.78 is 24.8. The summed E-state index contributed by atoms with van der Waals surface area (Å²) in [5.74, 6) is -0.520. The average Bonchev–Trinajstić information content (AvgIpc) is 3.26. The van der Waals surface area contributed by atoms with Crippen LogP contribution in [0.4, 0.5) is 0 Å². The van der Waals surface area contributed by atoms with Gasteiger partial charge in [0.05, 0.1) is 17.8 Å². The summed E-state index contributed by atoms with van der Waals surface area (Å²) >= 11 is 0. The first-order valence-electron chi connectivity index (χ1n) is 17.1. The van der Waals surface area contributed by atoms with Crippen molar-refractivity contribution in [1.29, 1.82) is 0 Å². The molecule has 3 saturated carbocycles. The number of allylic oxidation sites excluding steroid dienone is 2. The second-order valence-corrected chi connectivity index (χ2v) is 16.8. The van der Waals surface area contributed by atoms with Gasteiger partial charge in [-0.15, -0.1) is 0 Å². The van der Waals surface area contributed by atoms with E-state index in [4.69, 9.17) is 18.9 Å². The summed E-state index contributed by atoms with van der Waals surface area (Å²) in [6.07, 6.45) is 6.01. The average molecular weight is 627 g/mol. The number of carbonyl (C=O) groups is 3. The van der Waals surface area contributed by atoms with Crippen molar-refractivity contribution >= 4 is 17.7 Å². The number of aliphatic hydroxyl groups excluding tert-OH is 1. The van der Waals surface area contributed by atoms with Crippen molar-refractivity contribution < 1.29 is 38.4 Å².